The van der Waals surface area contributed by atoms with Crippen LogP contribution in [0.15, 0.2) is 18.2 Å². The lowest BCUT2D eigenvalue weighted by Gasteiger charge is -2.20. The van der Waals surface area contributed by atoms with E-state index in [9.17, 15) is 4.57 Å². The normalized spacial score (nSPS) is 11.3. The molecule has 0 aliphatic rings. The predicted octanol–water partition coefficient (Wildman–Crippen LogP) is 6.67. The smallest absolute Gasteiger partial charge is 0.279 e. The van der Waals surface area contributed by atoms with Crippen LogP contribution >= 0.6 is 63.9 Å². The fraction of sp³-hybridized carbons (Fsp3) is 0.462. The molecule has 1 aromatic rings. The van der Waals surface area contributed by atoms with Gasteiger partial charge >= 0.3 is 0 Å². The molecular formula is C13H19Cl2N2OPS3. The molecule has 9 heteroatoms. The van der Waals surface area contributed by atoms with Crippen LogP contribution in [0.3, 0.4) is 0 Å². The lowest BCUT2D eigenvalue weighted by Crippen LogP contribution is -2.24. The molecule has 124 valence electrons. The number of nitrogens with one attached hydrogen (secondary N) is 2. The van der Waals surface area contributed by atoms with E-state index in [2.05, 4.69) is 24.3 Å². The summed E-state index contributed by atoms with van der Waals surface area (Å²) in [6.45, 7) is 4.12. The zero-order valence-corrected chi connectivity index (χ0v) is 17.3. The summed E-state index contributed by atoms with van der Waals surface area (Å²) in [6.07, 6.45) is 1.93. The van der Waals surface area contributed by atoms with Crippen LogP contribution in [-0.2, 0) is 4.57 Å². The molecule has 0 spiro atoms. The van der Waals surface area contributed by atoms with Gasteiger partial charge in [0.1, 0.15) is 0 Å². The van der Waals surface area contributed by atoms with Crippen molar-refractivity contribution in [3.8, 4) is 0 Å². The van der Waals surface area contributed by atoms with Gasteiger partial charge in [-0.05, 0) is 43.3 Å². The van der Waals surface area contributed by atoms with Gasteiger partial charge in [0, 0.05) is 27.2 Å². The van der Waals surface area contributed by atoms with Gasteiger partial charge in [-0.25, -0.2) is 0 Å². The Hall–Kier alpha value is 0.420. The average molecular weight is 417 g/mol. The van der Waals surface area contributed by atoms with Crippen LogP contribution < -0.4 is 10.4 Å². The number of rotatable bonds is 8. The Morgan fingerprint density at radius 1 is 1.14 bits per heavy atom. The van der Waals surface area contributed by atoms with Crippen LogP contribution in [0.25, 0.3) is 0 Å². The minimum Gasteiger partial charge on any atom is -0.332 e. The monoisotopic (exact) mass is 416 g/mol. The lowest BCUT2D eigenvalue weighted by atomic mass is 10.3. The van der Waals surface area contributed by atoms with Crippen molar-refractivity contribution in [2.45, 2.75) is 26.7 Å². The minimum absolute atomic E-state index is 0.314. The average Bonchev–Trinajstić information content (AvgIpc) is 2.41. The zero-order chi connectivity index (χ0) is 16.6. The summed E-state index contributed by atoms with van der Waals surface area (Å²) in [5, 5.41) is 7.30. The van der Waals surface area contributed by atoms with E-state index >= 15 is 0 Å². The van der Waals surface area contributed by atoms with Gasteiger partial charge in [-0.1, -0.05) is 59.8 Å². The van der Waals surface area contributed by atoms with Crippen molar-refractivity contribution in [2.24, 2.45) is 0 Å². The van der Waals surface area contributed by atoms with Crippen LogP contribution in [0.4, 0.5) is 5.69 Å². The van der Waals surface area contributed by atoms with Gasteiger partial charge in [-0.2, -0.15) is 0 Å². The third kappa shape index (κ3) is 7.80. The number of hydrogen-bond donors (Lipinski definition) is 2. The van der Waals surface area contributed by atoms with Crippen molar-refractivity contribution in [1.82, 2.24) is 5.09 Å². The molecule has 22 heavy (non-hydrogen) atoms. The summed E-state index contributed by atoms with van der Waals surface area (Å²) in [6, 6.07) is 5.07. The van der Waals surface area contributed by atoms with E-state index in [-0.39, 0.29) is 0 Å². The Bertz CT molecular complexity index is 528. The topological polar surface area (TPSA) is 41.1 Å². The molecule has 0 radical (unpaired) electrons. The number of benzene rings is 1. The molecule has 0 saturated carbocycles. The Labute approximate surface area is 155 Å². The molecule has 3 nitrogen and oxygen atoms in total. The van der Waals surface area contributed by atoms with Gasteiger partial charge in [0.15, 0.2) is 5.11 Å². The van der Waals surface area contributed by atoms with Gasteiger partial charge < -0.3 is 5.32 Å². The molecule has 0 fully saturated rings. The molecule has 0 aromatic heterocycles. The molecule has 0 unspecified atom stereocenters. The largest absolute Gasteiger partial charge is 0.332 e. The predicted molar refractivity (Wildman–Crippen MR) is 109 cm³/mol. The first kappa shape index (κ1) is 20.5. The second kappa shape index (κ2) is 10.3. The zero-order valence-electron chi connectivity index (χ0n) is 12.4. The summed E-state index contributed by atoms with van der Waals surface area (Å²) < 4.78 is 12.9. The van der Waals surface area contributed by atoms with Crippen molar-refractivity contribution >= 4 is 74.7 Å². The Kier molecular flexibility index (Phi) is 9.60. The van der Waals surface area contributed by atoms with E-state index in [0.717, 1.165) is 24.3 Å². The van der Waals surface area contributed by atoms with Crippen molar-refractivity contribution < 1.29 is 4.57 Å². The SMILES string of the molecule is CCCSP(=O)(NC(=S)Nc1cc(Cl)cc(Cl)c1)SCCC. The van der Waals surface area contributed by atoms with Crippen LogP contribution in [0.5, 0.6) is 0 Å². The summed E-state index contributed by atoms with van der Waals surface area (Å²) in [5.74, 6) is 1.65. The number of thiocarbonyl (C=S) groups is 1. The van der Waals surface area contributed by atoms with Gasteiger partial charge in [-0.15, -0.1) is 0 Å². The maximum absolute atomic E-state index is 12.9. The van der Waals surface area contributed by atoms with E-state index in [1.807, 2.05) is 0 Å². The molecular weight excluding hydrogens is 398 g/mol. The standard InChI is InChI=1S/C13H19Cl2N2OPS3/c1-3-5-21-19(18,22-6-4-2)17-13(20)16-12-8-10(14)7-11(15)9-12/h7-9H,3-6H2,1-2H3,(H2,16,17,18,20). The number of anilines is 1. The van der Waals surface area contributed by atoms with Gasteiger partial charge in [-0.3, -0.25) is 9.65 Å². The Morgan fingerprint density at radius 2 is 1.64 bits per heavy atom. The van der Waals surface area contributed by atoms with Gasteiger partial charge in [0.05, 0.1) is 0 Å². The maximum Gasteiger partial charge on any atom is 0.279 e. The number of hydrogen-bond acceptors (Lipinski definition) is 4. The van der Waals surface area contributed by atoms with Crippen LogP contribution in [-0.4, -0.2) is 16.6 Å². The maximum atomic E-state index is 12.9. The first-order valence-electron chi connectivity index (χ1n) is 6.83. The van der Waals surface area contributed by atoms with E-state index in [4.69, 9.17) is 35.4 Å². The van der Waals surface area contributed by atoms with Crippen LogP contribution in [0.1, 0.15) is 26.7 Å². The molecule has 1 rings (SSSR count). The fourth-order valence-electron chi connectivity index (χ4n) is 1.43. The molecule has 2 N–H and O–H groups in total. The summed E-state index contributed by atoms with van der Waals surface area (Å²) in [5.41, 5.74) is -1.99. The van der Waals surface area contributed by atoms with Crippen molar-refractivity contribution in [1.29, 1.82) is 0 Å². The van der Waals surface area contributed by atoms with Gasteiger partial charge in [0.2, 0.25) is 0 Å². The van der Waals surface area contributed by atoms with E-state index in [1.54, 1.807) is 18.2 Å². The van der Waals surface area contributed by atoms with E-state index in [0.29, 0.717) is 20.8 Å². The Balaban J connectivity index is 2.71. The highest BCUT2D eigenvalue weighted by atomic mass is 35.5. The van der Waals surface area contributed by atoms with E-state index < -0.39 is 5.70 Å². The van der Waals surface area contributed by atoms with Crippen molar-refractivity contribution in [3.63, 3.8) is 0 Å². The second-order valence-corrected chi connectivity index (χ2v) is 13.5. The molecule has 0 bridgehead atoms. The van der Waals surface area contributed by atoms with Crippen LogP contribution in [0, 0.1) is 0 Å². The second-order valence-electron chi connectivity index (χ2n) is 4.39. The minimum atomic E-state index is -2.66. The first-order valence-corrected chi connectivity index (χ1v) is 12.9. The molecule has 0 heterocycles. The molecule has 0 saturated heterocycles. The Morgan fingerprint density at radius 3 is 2.09 bits per heavy atom. The highest BCUT2D eigenvalue weighted by molar-refractivity contribution is 8.90. The summed E-state index contributed by atoms with van der Waals surface area (Å²) >= 11 is 20.0. The summed E-state index contributed by atoms with van der Waals surface area (Å²) in [7, 11) is 0. The van der Waals surface area contributed by atoms with Gasteiger partial charge in [0.25, 0.3) is 5.70 Å². The lowest BCUT2D eigenvalue weighted by molar-refractivity contribution is 0.592. The van der Waals surface area contributed by atoms with Crippen LogP contribution in [0.2, 0.25) is 10.0 Å². The third-order valence-corrected chi connectivity index (χ3v) is 11.0. The first-order chi connectivity index (χ1) is 10.4. The molecule has 0 atom stereocenters. The highest BCUT2D eigenvalue weighted by Gasteiger charge is 2.24. The number of halogens is 2. The fourth-order valence-corrected chi connectivity index (χ4v) is 9.87. The molecule has 0 aliphatic carbocycles. The quantitative estimate of drug-likeness (QED) is 0.364. The van der Waals surface area contributed by atoms with Crippen molar-refractivity contribution in [3.05, 3.63) is 28.2 Å². The highest BCUT2D eigenvalue weighted by Crippen LogP contribution is 2.65. The summed E-state index contributed by atoms with van der Waals surface area (Å²) in [4.78, 5) is 0. The van der Waals surface area contributed by atoms with E-state index in [1.165, 1.54) is 22.8 Å². The molecule has 1 aromatic carbocycles. The molecule has 0 amide bonds. The third-order valence-electron chi connectivity index (χ3n) is 2.29. The molecule has 0 aliphatic heterocycles. The van der Waals surface area contributed by atoms with Crippen molar-refractivity contribution in [2.75, 3.05) is 16.8 Å².